The fourth-order valence-corrected chi connectivity index (χ4v) is 1.49. The van der Waals surface area contributed by atoms with E-state index in [0.29, 0.717) is 12.0 Å². The Morgan fingerprint density at radius 3 is 2.73 bits per heavy atom. The monoisotopic (exact) mass is 213 g/mol. The maximum atomic E-state index is 13.3. The highest BCUT2D eigenvalue weighted by molar-refractivity contribution is 5.19. The van der Waals surface area contributed by atoms with Crippen molar-refractivity contribution < 1.29 is 8.78 Å². The highest BCUT2D eigenvalue weighted by Gasteiger charge is 2.08. The molecule has 0 saturated carbocycles. The number of hydrogen-bond acceptors (Lipinski definition) is 1. The topological polar surface area (TPSA) is 12.0 Å². The Bertz CT molecular complexity index is 312. The lowest BCUT2D eigenvalue weighted by atomic mass is 10.1. The third-order valence-electron chi connectivity index (χ3n) is 2.28. The summed E-state index contributed by atoms with van der Waals surface area (Å²) in [4.78, 5) is 0. The molecule has 1 N–H and O–H groups in total. The Balaban J connectivity index is 2.59. The van der Waals surface area contributed by atoms with Gasteiger partial charge in [-0.05, 0) is 50.1 Å². The van der Waals surface area contributed by atoms with E-state index in [1.807, 2.05) is 6.92 Å². The van der Waals surface area contributed by atoms with Crippen molar-refractivity contribution >= 4 is 0 Å². The van der Waals surface area contributed by atoms with E-state index in [9.17, 15) is 8.78 Å². The van der Waals surface area contributed by atoms with Crippen LogP contribution in [0.5, 0.6) is 0 Å². The van der Waals surface area contributed by atoms with Crippen LogP contribution in [0.4, 0.5) is 8.78 Å². The quantitative estimate of drug-likeness (QED) is 0.793. The van der Waals surface area contributed by atoms with E-state index in [1.165, 1.54) is 12.1 Å². The van der Waals surface area contributed by atoms with Crippen LogP contribution in [0, 0.1) is 11.6 Å². The van der Waals surface area contributed by atoms with E-state index in [1.54, 1.807) is 0 Å². The summed E-state index contributed by atoms with van der Waals surface area (Å²) in [6.45, 7) is 4.95. The van der Waals surface area contributed by atoms with E-state index >= 15 is 0 Å². The molecule has 0 radical (unpaired) electrons. The van der Waals surface area contributed by atoms with Crippen molar-refractivity contribution in [1.29, 1.82) is 0 Å². The lowest BCUT2D eigenvalue weighted by Crippen LogP contribution is -2.29. The largest absolute Gasteiger partial charge is 0.314 e. The average Bonchev–Trinajstić information content (AvgIpc) is 2.20. The predicted molar refractivity (Wildman–Crippen MR) is 57.8 cm³/mol. The number of rotatable bonds is 5. The van der Waals surface area contributed by atoms with Gasteiger partial charge in [0.1, 0.15) is 11.6 Å². The van der Waals surface area contributed by atoms with Gasteiger partial charge in [-0.15, -0.1) is 0 Å². The minimum atomic E-state index is -0.380. The second kappa shape index (κ2) is 5.81. The molecule has 1 nitrogen and oxygen atoms in total. The highest BCUT2D eigenvalue weighted by Crippen LogP contribution is 2.11. The SMILES string of the molecule is CCCNC(C)Cc1cc(F)ccc1F. The Morgan fingerprint density at radius 1 is 1.33 bits per heavy atom. The van der Waals surface area contributed by atoms with Gasteiger partial charge in [0.15, 0.2) is 0 Å². The molecule has 0 aromatic heterocycles. The summed E-state index contributed by atoms with van der Waals surface area (Å²) in [6.07, 6.45) is 1.56. The summed E-state index contributed by atoms with van der Waals surface area (Å²) >= 11 is 0. The first-order chi connectivity index (χ1) is 7.13. The number of hydrogen-bond donors (Lipinski definition) is 1. The van der Waals surface area contributed by atoms with Gasteiger partial charge in [-0.3, -0.25) is 0 Å². The molecule has 0 bridgehead atoms. The van der Waals surface area contributed by atoms with E-state index in [-0.39, 0.29) is 17.7 Å². The molecule has 1 aromatic carbocycles. The molecule has 84 valence electrons. The van der Waals surface area contributed by atoms with Gasteiger partial charge in [-0.1, -0.05) is 6.92 Å². The Kier molecular flexibility index (Phi) is 4.69. The zero-order valence-electron chi connectivity index (χ0n) is 9.19. The lowest BCUT2D eigenvalue weighted by Gasteiger charge is -2.13. The summed E-state index contributed by atoms with van der Waals surface area (Å²) in [7, 11) is 0. The molecule has 1 unspecified atom stereocenters. The maximum Gasteiger partial charge on any atom is 0.126 e. The van der Waals surface area contributed by atoms with Crippen molar-refractivity contribution in [2.45, 2.75) is 32.7 Å². The highest BCUT2D eigenvalue weighted by atomic mass is 19.1. The summed E-state index contributed by atoms with van der Waals surface area (Å²) in [6, 6.07) is 3.75. The van der Waals surface area contributed by atoms with Crippen LogP contribution in [0.15, 0.2) is 18.2 Å². The van der Waals surface area contributed by atoms with E-state index in [2.05, 4.69) is 12.2 Å². The Morgan fingerprint density at radius 2 is 2.07 bits per heavy atom. The summed E-state index contributed by atoms with van der Waals surface area (Å²) in [5, 5.41) is 3.24. The fourth-order valence-electron chi connectivity index (χ4n) is 1.49. The number of nitrogens with one attached hydrogen (secondary N) is 1. The van der Waals surface area contributed by atoms with E-state index in [4.69, 9.17) is 0 Å². The van der Waals surface area contributed by atoms with Crippen molar-refractivity contribution in [3.8, 4) is 0 Å². The molecule has 0 saturated heterocycles. The van der Waals surface area contributed by atoms with Crippen LogP contribution in [0.25, 0.3) is 0 Å². The van der Waals surface area contributed by atoms with E-state index in [0.717, 1.165) is 19.0 Å². The molecule has 0 fully saturated rings. The number of halogens is 2. The maximum absolute atomic E-state index is 13.3. The first kappa shape index (κ1) is 12.1. The second-order valence-corrected chi connectivity index (χ2v) is 3.80. The number of benzene rings is 1. The van der Waals surface area contributed by atoms with Gasteiger partial charge >= 0.3 is 0 Å². The summed E-state index contributed by atoms with van der Waals surface area (Å²) < 4.78 is 26.1. The van der Waals surface area contributed by atoms with Crippen LogP contribution in [-0.4, -0.2) is 12.6 Å². The van der Waals surface area contributed by atoms with Crippen molar-refractivity contribution in [3.05, 3.63) is 35.4 Å². The van der Waals surface area contributed by atoms with E-state index < -0.39 is 0 Å². The molecule has 1 atom stereocenters. The lowest BCUT2D eigenvalue weighted by molar-refractivity contribution is 0.520. The van der Waals surface area contributed by atoms with Gasteiger partial charge in [0.05, 0.1) is 0 Å². The molecular formula is C12H17F2N. The van der Waals surface area contributed by atoms with Gasteiger partial charge in [0.25, 0.3) is 0 Å². The van der Waals surface area contributed by atoms with Crippen LogP contribution in [-0.2, 0) is 6.42 Å². The molecule has 1 aromatic rings. The van der Waals surface area contributed by atoms with Crippen molar-refractivity contribution in [1.82, 2.24) is 5.32 Å². The minimum absolute atomic E-state index is 0.168. The molecule has 15 heavy (non-hydrogen) atoms. The van der Waals surface area contributed by atoms with Gasteiger partial charge in [0, 0.05) is 6.04 Å². The van der Waals surface area contributed by atoms with Crippen LogP contribution in [0.1, 0.15) is 25.8 Å². The zero-order valence-corrected chi connectivity index (χ0v) is 9.19. The molecule has 1 rings (SSSR count). The van der Waals surface area contributed by atoms with Crippen molar-refractivity contribution in [3.63, 3.8) is 0 Å². The second-order valence-electron chi connectivity index (χ2n) is 3.80. The van der Waals surface area contributed by atoms with Crippen LogP contribution >= 0.6 is 0 Å². The predicted octanol–water partition coefficient (Wildman–Crippen LogP) is 2.90. The van der Waals surface area contributed by atoms with Crippen molar-refractivity contribution in [2.24, 2.45) is 0 Å². The minimum Gasteiger partial charge on any atom is -0.314 e. The summed E-state index contributed by atoms with van der Waals surface area (Å²) in [5.41, 5.74) is 0.436. The third kappa shape index (κ3) is 3.96. The van der Waals surface area contributed by atoms with Gasteiger partial charge in [-0.2, -0.15) is 0 Å². The Hall–Kier alpha value is -0.960. The van der Waals surface area contributed by atoms with Crippen LogP contribution in [0.3, 0.4) is 0 Å². The normalized spacial score (nSPS) is 12.8. The molecule has 3 heteroatoms. The smallest absolute Gasteiger partial charge is 0.126 e. The summed E-state index contributed by atoms with van der Waals surface area (Å²) in [5.74, 6) is -0.712. The molecule has 0 heterocycles. The molecule has 0 aliphatic carbocycles. The molecule has 0 amide bonds. The average molecular weight is 213 g/mol. The first-order valence-electron chi connectivity index (χ1n) is 5.30. The van der Waals surface area contributed by atoms with Crippen LogP contribution in [0.2, 0.25) is 0 Å². The van der Waals surface area contributed by atoms with Crippen LogP contribution < -0.4 is 5.32 Å². The molecule has 0 aliphatic rings. The first-order valence-corrected chi connectivity index (χ1v) is 5.30. The Labute approximate surface area is 89.5 Å². The molecule has 0 aliphatic heterocycles. The molecule has 0 spiro atoms. The van der Waals surface area contributed by atoms with Gasteiger partial charge < -0.3 is 5.32 Å². The fraction of sp³-hybridized carbons (Fsp3) is 0.500. The van der Waals surface area contributed by atoms with Crippen molar-refractivity contribution in [2.75, 3.05) is 6.54 Å². The zero-order chi connectivity index (χ0) is 11.3. The van der Waals surface area contributed by atoms with Gasteiger partial charge in [-0.25, -0.2) is 8.78 Å². The van der Waals surface area contributed by atoms with Gasteiger partial charge in [0.2, 0.25) is 0 Å². The standard InChI is InChI=1S/C12H17F2N/c1-3-6-15-9(2)7-10-8-11(13)4-5-12(10)14/h4-5,8-9,15H,3,6-7H2,1-2H3. The third-order valence-corrected chi connectivity index (χ3v) is 2.28. The molecular weight excluding hydrogens is 196 g/mol.